The summed E-state index contributed by atoms with van der Waals surface area (Å²) in [6, 6.07) is 9.79. The summed E-state index contributed by atoms with van der Waals surface area (Å²) in [6.45, 7) is 0.660. The van der Waals surface area contributed by atoms with Crippen LogP contribution in [0.1, 0.15) is 6.42 Å². The Morgan fingerprint density at radius 3 is 2.82 bits per heavy atom. The highest BCUT2D eigenvalue weighted by Gasteiger charge is 2.04. The maximum atomic E-state index is 8.51. The molecule has 2 rings (SSSR count). The van der Waals surface area contributed by atoms with E-state index >= 15 is 0 Å². The predicted molar refractivity (Wildman–Crippen MR) is 65.3 cm³/mol. The normalized spacial score (nSPS) is 9.88. The van der Waals surface area contributed by atoms with Gasteiger partial charge >= 0.3 is 0 Å². The van der Waals surface area contributed by atoms with E-state index in [4.69, 9.17) is 5.26 Å². The number of aromatic nitrogens is 3. The van der Waals surface area contributed by atoms with Gasteiger partial charge in [0.2, 0.25) is 0 Å². The second kappa shape index (κ2) is 5.12. The lowest BCUT2D eigenvalue weighted by Crippen LogP contribution is -2.19. The van der Waals surface area contributed by atoms with Gasteiger partial charge in [-0.05, 0) is 24.3 Å². The Bertz CT molecular complexity index is 495. The quantitative estimate of drug-likeness (QED) is 0.865. The zero-order chi connectivity index (χ0) is 12.1. The lowest BCUT2D eigenvalue weighted by atomic mass is 10.3. The van der Waals surface area contributed by atoms with Crippen molar-refractivity contribution in [1.82, 2.24) is 15.2 Å². The molecule has 1 N–H and O–H groups in total. The van der Waals surface area contributed by atoms with Gasteiger partial charge in [0.15, 0.2) is 5.82 Å². The molecule has 2 aromatic rings. The molecule has 2 heterocycles. The van der Waals surface area contributed by atoms with Crippen molar-refractivity contribution >= 4 is 5.82 Å². The zero-order valence-corrected chi connectivity index (χ0v) is 9.59. The van der Waals surface area contributed by atoms with Gasteiger partial charge in [-0.15, -0.1) is 10.2 Å². The highest BCUT2D eigenvalue weighted by atomic mass is 15.2. The summed E-state index contributed by atoms with van der Waals surface area (Å²) in [5.41, 5.74) is 1.76. The molecule has 0 aromatic carbocycles. The average Bonchev–Trinajstić information content (AvgIpc) is 2.90. The second-order valence-electron chi connectivity index (χ2n) is 3.69. The van der Waals surface area contributed by atoms with Crippen LogP contribution >= 0.6 is 0 Å². The molecule has 0 aliphatic rings. The second-order valence-corrected chi connectivity index (χ2v) is 3.69. The fraction of sp³-hybridized carbons (Fsp3) is 0.250. The van der Waals surface area contributed by atoms with Crippen LogP contribution in [0.15, 0.2) is 30.5 Å². The highest BCUT2D eigenvalue weighted by molar-refractivity contribution is 5.55. The number of nitrogens with one attached hydrogen (secondary N) is 1. The van der Waals surface area contributed by atoms with Gasteiger partial charge in [0.25, 0.3) is 0 Å². The van der Waals surface area contributed by atoms with Crippen LogP contribution in [0.3, 0.4) is 0 Å². The van der Waals surface area contributed by atoms with E-state index in [2.05, 4.69) is 21.3 Å². The van der Waals surface area contributed by atoms with Crippen LogP contribution < -0.4 is 4.90 Å². The van der Waals surface area contributed by atoms with Gasteiger partial charge in [0.05, 0.1) is 18.2 Å². The van der Waals surface area contributed by atoms with Gasteiger partial charge in [0.1, 0.15) is 5.69 Å². The lowest BCUT2D eigenvalue weighted by molar-refractivity contribution is 0.860. The number of rotatable bonds is 4. The smallest absolute Gasteiger partial charge is 0.151 e. The van der Waals surface area contributed by atoms with Crippen LogP contribution in [0.25, 0.3) is 11.4 Å². The maximum Gasteiger partial charge on any atom is 0.151 e. The number of hydrogen-bond acceptors (Lipinski definition) is 4. The van der Waals surface area contributed by atoms with Crippen molar-refractivity contribution in [2.75, 3.05) is 18.5 Å². The Kier molecular flexibility index (Phi) is 3.36. The molecule has 2 aromatic heterocycles. The van der Waals surface area contributed by atoms with Gasteiger partial charge in [0, 0.05) is 19.8 Å². The van der Waals surface area contributed by atoms with E-state index in [9.17, 15) is 0 Å². The predicted octanol–water partition coefficient (Wildman–Crippen LogP) is 1.82. The molecule has 0 spiro atoms. The van der Waals surface area contributed by atoms with Crippen LogP contribution in [0.5, 0.6) is 0 Å². The van der Waals surface area contributed by atoms with Gasteiger partial charge in [-0.3, -0.25) is 0 Å². The van der Waals surface area contributed by atoms with Crippen LogP contribution in [0, 0.1) is 11.3 Å². The molecule has 0 bridgehead atoms. The first kappa shape index (κ1) is 11.1. The minimum atomic E-state index is 0.483. The molecule has 17 heavy (non-hydrogen) atoms. The Labute approximate surface area is 99.7 Å². The summed E-state index contributed by atoms with van der Waals surface area (Å²) in [5, 5.41) is 16.8. The summed E-state index contributed by atoms with van der Waals surface area (Å²) >= 11 is 0. The van der Waals surface area contributed by atoms with Crippen molar-refractivity contribution in [1.29, 1.82) is 5.26 Å². The van der Waals surface area contributed by atoms with E-state index in [0.717, 1.165) is 17.2 Å². The third kappa shape index (κ3) is 2.61. The number of H-pyrrole nitrogens is 1. The van der Waals surface area contributed by atoms with Crippen molar-refractivity contribution in [3.63, 3.8) is 0 Å². The van der Waals surface area contributed by atoms with Gasteiger partial charge in [-0.2, -0.15) is 5.26 Å². The monoisotopic (exact) mass is 227 g/mol. The zero-order valence-electron chi connectivity index (χ0n) is 9.59. The topological polar surface area (TPSA) is 68.6 Å². The van der Waals surface area contributed by atoms with Crippen LogP contribution in [0.4, 0.5) is 5.82 Å². The summed E-state index contributed by atoms with van der Waals surface area (Å²) in [7, 11) is 1.90. The standard InChI is InChI=1S/C12H13N5/c1-17(9-3-7-13)12-6-5-11(15-16-12)10-4-2-8-14-10/h2,4-6,8,14H,3,9H2,1H3. The van der Waals surface area contributed by atoms with Crippen molar-refractivity contribution in [3.05, 3.63) is 30.5 Å². The summed E-state index contributed by atoms with van der Waals surface area (Å²) in [4.78, 5) is 4.99. The van der Waals surface area contributed by atoms with Gasteiger partial charge in [-0.1, -0.05) is 0 Å². The van der Waals surface area contributed by atoms with Gasteiger partial charge < -0.3 is 9.88 Å². The molecule has 0 saturated heterocycles. The van der Waals surface area contributed by atoms with Crippen molar-refractivity contribution in [2.24, 2.45) is 0 Å². The van der Waals surface area contributed by atoms with E-state index in [0.29, 0.717) is 13.0 Å². The van der Waals surface area contributed by atoms with Gasteiger partial charge in [-0.25, -0.2) is 0 Å². The van der Waals surface area contributed by atoms with E-state index in [-0.39, 0.29) is 0 Å². The summed E-state index contributed by atoms with van der Waals surface area (Å²) < 4.78 is 0. The lowest BCUT2D eigenvalue weighted by Gasteiger charge is -2.15. The number of anilines is 1. The molecule has 86 valence electrons. The minimum absolute atomic E-state index is 0.483. The molecular weight excluding hydrogens is 214 g/mol. The fourth-order valence-electron chi connectivity index (χ4n) is 1.49. The Balaban J connectivity index is 2.11. The van der Waals surface area contributed by atoms with Crippen molar-refractivity contribution < 1.29 is 0 Å². The first-order valence-corrected chi connectivity index (χ1v) is 5.37. The van der Waals surface area contributed by atoms with E-state index in [1.807, 2.05) is 42.4 Å². The van der Waals surface area contributed by atoms with Crippen LogP contribution in [-0.4, -0.2) is 28.8 Å². The molecular formula is C12H13N5. The first-order chi connectivity index (χ1) is 8.31. The molecule has 0 unspecified atom stereocenters. The first-order valence-electron chi connectivity index (χ1n) is 5.37. The Hall–Kier alpha value is -2.35. The van der Waals surface area contributed by atoms with Crippen molar-refractivity contribution in [2.45, 2.75) is 6.42 Å². The molecule has 5 nitrogen and oxygen atoms in total. The third-order valence-corrected chi connectivity index (χ3v) is 2.47. The number of nitriles is 1. The third-order valence-electron chi connectivity index (χ3n) is 2.47. The molecule has 0 aliphatic heterocycles. The van der Waals surface area contributed by atoms with Crippen LogP contribution in [-0.2, 0) is 0 Å². The van der Waals surface area contributed by atoms with E-state index in [1.165, 1.54) is 0 Å². The molecule has 0 saturated carbocycles. The average molecular weight is 227 g/mol. The minimum Gasteiger partial charge on any atom is -0.360 e. The summed E-state index contributed by atoms with van der Waals surface area (Å²) in [6.07, 6.45) is 2.33. The van der Waals surface area contributed by atoms with Crippen molar-refractivity contribution in [3.8, 4) is 17.5 Å². The Morgan fingerprint density at radius 1 is 1.35 bits per heavy atom. The van der Waals surface area contributed by atoms with Crippen LogP contribution in [0.2, 0.25) is 0 Å². The Morgan fingerprint density at radius 2 is 2.24 bits per heavy atom. The molecule has 0 amide bonds. The molecule has 5 heteroatoms. The number of nitrogens with zero attached hydrogens (tertiary/aromatic N) is 4. The maximum absolute atomic E-state index is 8.51. The molecule has 0 fully saturated rings. The molecule has 0 radical (unpaired) electrons. The van der Waals surface area contributed by atoms with E-state index < -0.39 is 0 Å². The summed E-state index contributed by atoms with van der Waals surface area (Å²) in [5.74, 6) is 0.774. The fourth-order valence-corrected chi connectivity index (χ4v) is 1.49. The highest BCUT2D eigenvalue weighted by Crippen LogP contribution is 2.15. The number of aromatic amines is 1. The largest absolute Gasteiger partial charge is 0.360 e. The molecule has 0 atom stereocenters. The SMILES string of the molecule is CN(CCC#N)c1ccc(-c2ccc[nH]2)nn1. The molecule has 0 aliphatic carbocycles. The van der Waals surface area contributed by atoms with E-state index in [1.54, 1.807) is 0 Å². The number of hydrogen-bond donors (Lipinski definition) is 1.